The van der Waals surface area contributed by atoms with E-state index in [0.29, 0.717) is 0 Å². The zero-order chi connectivity index (χ0) is 15.7. The number of hydrogen-bond acceptors (Lipinski definition) is 2. The molecule has 0 N–H and O–H groups in total. The van der Waals surface area contributed by atoms with Crippen molar-refractivity contribution in [3.05, 3.63) is 72.3 Å². The first-order valence-corrected chi connectivity index (χ1v) is 6.28. The van der Waals surface area contributed by atoms with Gasteiger partial charge in [-0.15, -0.1) is 0 Å². The monoisotopic (exact) mass is 304 g/mol. The van der Waals surface area contributed by atoms with Crippen LogP contribution in [0.2, 0.25) is 0 Å². The minimum absolute atomic E-state index is 0.0481. The van der Waals surface area contributed by atoms with Gasteiger partial charge in [0.05, 0.1) is 11.1 Å². The van der Waals surface area contributed by atoms with Crippen LogP contribution < -0.4 is 0 Å². The maximum Gasteiger partial charge on any atom is 0.170 e. The summed E-state index contributed by atoms with van der Waals surface area (Å²) in [6.07, 6.45) is 5.03. The van der Waals surface area contributed by atoms with Gasteiger partial charge < -0.3 is 0 Å². The van der Waals surface area contributed by atoms with Gasteiger partial charge in [-0.3, -0.25) is 9.97 Å². The molecule has 0 aliphatic rings. The molecular weight excluding hydrogens is 296 g/mol. The topological polar surface area (TPSA) is 25.8 Å². The molecule has 0 bridgehead atoms. The van der Waals surface area contributed by atoms with Crippen molar-refractivity contribution in [3.63, 3.8) is 0 Å². The third kappa shape index (κ3) is 2.22. The summed E-state index contributed by atoms with van der Waals surface area (Å²) in [5, 5.41) is 0. The Hall–Kier alpha value is -2.76. The normalized spacial score (nSPS) is 10.7. The molecule has 0 amide bonds. The highest BCUT2D eigenvalue weighted by Gasteiger charge is 2.27. The Morgan fingerprint density at radius 1 is 0.591 bits per heavy atom. The summed E-state index contributed by atoms with van der Waals surface area (Å²) in [4.78, 5) is 7.39. The fourth-order valence-corrected chi connectivity index (χ4v) is 2.16. The van der Waals surface area contributed by atoms with Crippen molar-refractivity contribution < 1.29 is 17.6 Å². The van der Waals surface area contributed by atoms with Gasteiger partial charge in [0.15, 0.2) is 23.3 Å². The molecule has 0 fully saturated rings. The molecule has 110 valence electrons. The van der Waals surface area contributed by atoms with Crippen molar-refractivity contribution in [1.29, 1.82) is 0 Å². The zero-order valence-corrected chi connectivity index (χ0v) is 11.0. The van der Waals surface area contributed by atoms with Gasteiger partial charge in [-0.1, -0.05) is 12.1 Å². The van der Waals surface area contributed by atoms with E-state index in [2.05, 4.69) is 9.97 Å². The predicted molar refractivity (Wildman–Crippen MR) is 72.7 cm³/mol. The Bertz CT molecular complexity index is 721. The van der Waals surface area contributed by atoms with E-state index in [1.165, 1.54) is 36.7 Å². The van der Waals surface area contributed by atoms with Crippen LogP contribution in [0.4, 0.5) is 17.6 Å². The van der Waals surface area contributed by atoms with Gasteiger partial charge in [0.1, 0.15) is 0 Å². The van der Waals surface area contributed by atoms with E-state index >= 15 is 0 Å². The van der Waals surface area contributed by atoms with Crippen molar-refractivity contribution in [2.45, 2.75) is 0 Å². The smallest absolute Gasteiger partial charge is 0.170 e. The van der Waals surface area contributed by atoms with Crippen molar-refractivity contribution in [2.24, 2.45) is 0 Å². The number of pyridine rings is 2. The second-order valence-corrected chi connectivity index (χ2v) is 4.49. The lowest BCUT2D eigenvalue weighted by Crippen LogP contribution is -2.03. The Balaban J connectivity index is 2.31. The Kier molecular flexibility index (Phi) is 3.58. The van der Waals surface area contributed by atoms with Crippen LogP contribution >= 0.6 is 0 Å². The van der Waals surface area contributed by atoms with Crippen LogP contribution in [0.5, 0.6) is 0 Å². The highest BCUT2D eigenvalue weighted by Crippen LogP contribution is 2.36. The van der Waals surface area contributed by atoms with Gasteiger partial charge >= 0.3 is 0 Å². The second-order valence-electron chi connectivity index (χ2n) is 4.49. The highest BCUT2D eigenvalue weighted by molar-refractivity contribution is 5.72. The van der Waals surface area contributed by atoms with Gasteiger partial charge in [0.2, 0.25) is 0 Å². The van der Waals surface area contributed by atoms with Crippen LogP contribution in [0.3, 0.4) is 0 Å². The van der Waals surface area contributed by atoms with Gasteiger partial charge in [0, 0.05) is 35.9 Å². The first kappa shape index (κ1) is 14.2. The first-order chi connectivity index (χ1) is 10.6. The lowest BCUT2D eigenvalue weighted by molar-refractivity contribution is 0.463. The number of aromatic nitrogens is 2. The van der Waals surface area contributed by atoms with Crippen LogP contribution in [0, 0.1) is 23.3 Å². The van der Waals surface area contributed by atoms with Crippen molar-refractivity contribution in [3.8, 4) is 22.3 Å². The number of nitrogens with zero attached hydrogens (tertiary/aromatic N) is 2. The molecule has 1 aromatic carbocycles. The zero-order valence-electron chi connectivity index (χ0n) is 11.0. The maximum absolute atomic E-state index is 14.2. The largest absolute Gasteiger partial charge is 0.264 e. The fraction of sp³-hybridized carbons (Fsp3) is 0. The Morgan fingerprint density at radius 2 is 0.955 bits per heavy atom. The van der Waals surface area contributed by atoms with E-state index < -0.39 is 34.4 Å². The average Bonchev–Trinajstić information content (AvgIpc) is 2.55. The standard InChI is InChI=1S/C16H8F4N2/c17-13-11(9-3-1-5-21-7-9)14(18)16(20)12(15(13)19)10-4-2-6-22-8-10/h1-8H. The molecule has 3 aromatic rings. The Labute approximate surface area is 123 Å². The van der Waals surface area contributed by atoms with E-state index in [0.717, 1.165) is 12.4 Å². The van der Waals surface area contributed by atoms with Crippen LogP contribution in [-0.4, -0.2) is 9.97 Å². The van der Waals surface area contributed by atoms with Gasteiger partial charge in [-0.05, 0) is 12.1 Å². The molecule has 2 aromatic heterocycles. The summed E-state index contributed by atoms with van der Waals surface area (Å²) >= 11 is 0. The fourth-order valence-electron chi connectivity index (χ4n) is 2.16. The summed E-state index contributed by atoms with van der Waals surface area (Å²) in [5.74, 6) is -5.87. The molecule has 6 heteroatoms. The number of benzene rings is 1. The molecule has 3 rings (SSSR count). The molecule has 0 aliphatic heterocycles. The first-order valence-electron chi connectivity index (χ1n) is 6.28. The lowest BCUT2D eigenvalue weighted by atomic mass is 9.99. The third-order valence-corrected chi connectivity index (χ3v) is 3.16. The number of halogens is 4. The molecule has 0 radical (unpaired) electrons. The van der Waals surface area contributed by atoms with Crippen molar-refractivity contribution in [2.75, 3.05) is 0 Å². The second kappa shape index (κ2) is 5.55. The highest BCUT2D eigenvalue weighted by atomic mass is 19.2. The van der Waals surface area contributed by atoms with Gasteiger partial charge in [0.25, 0.3) is 0 Å². The molecule has 0 aliphatic carbocycles. The molecule has 2 heterocycles. The van der Waals surface area contributed by atoms with E-state index in [1.54, 1.807) is 0 Å². The van der Waals surface area contributed by atoms with Gasteiger partial charge in [-0.25, -0.2) is 17.6 Å². The van der Waals surface area contributed by atoms with Crippen molar-refractivity contribution >= 4 is 0 Å². The van der Waals surface area contributed by atoms with Crippen LogP contribution in [0.25, 0.3) is 22.3 Å². The number of hydrogen-bond donors (Lipinski definition) is 0. The molecular formula is C16H8F4N2. The van der Waals surface area contributed by atoms with Crippen molar-refractivity contribution in [1.82, 2.24) is 9.97 Å². The summed E-state index contributed by atoms with van der Waals surface area (Å²) in [5.41, 5.74) is -1.66. The minimum atomic E-state index is -1.47. The molecule has 0 unspecified atom stereocenters. The predicted octanol–water partition coefficient (Wildman–Crippen LogP) is 4.37. The summed E-state index contributed by atoms with van der Waals surface area (Å²) in [6, 6.07) is 5.46. The molecule has 2 nitrogen and oxygen atoms in total. The van der Waals surface area contributed by atoms with Crippen LogP contribution in [-0.2, 0) is 0 Å². The molecule has 0 atom stereocenters. The van der Waals surface area contributed by atoms with E-state index in [-0.39, 0.29) is 11.1 Å². The maximum atomic E-state index is 14.2. The quantitative estimate of drug-likeness (QED) is 0.519. The van der Waals surface area contributed by atoms with E-state index in [1.807, 2.05) is 0 Å². The van der Waals surface area contributed by atoms with Crippen LogP contribution in [0.15, 0.2) is 49.1 Å². The van der Waals surface area contributed by atoms with E-state index in [4.69, 9.17) is 0 Å². The summed E-state index contributed by atoms with van der Waals surface area (Å²) < 4.78 is 57.0. The average molecular weight is 304 g/mol. The van der Waals surface area contributed by atoms with Gasteiger partial charge in [-0.2, -0.15) is 0 Å². The molecule has 0 saturated carbocycles. The summed E-state index contributed by atoms with van der Waals surface area (Å²) in [7, 11) is 0. The summed E-state index contributed by atoms with van der Waals surface area (Å²) in [6.45, 7) is 0. The lowest BCUT2D eigenvalue weighted by Gasteiger charge is -2.12. The minimum Gasteiger partial charge on any atom is -0.264 e. The van der Waals surface area contributed by atoms with E-state index in [9.17, 15) is 17.6 Å². The molecule has 0 saturated heterocycles. The number of rotatable bonds is 2. The third-order valence-electron chi connectivity index (χ3n) is 3.16. The SMILES string of the molecule is Fc1c(F)c(-c2cccnc2)c(F)c(F)c1-c1cccnc1. The Morgan fingerprint density at radius 3 is 1.23 bits per heavy atom. The molecule has 0 spiro atoms. The van der Waals surface area contributed by atoms with Crippen LogP contribution in [0.1, 0.15) is 0 Å². The molecule has 22 heavy (non-hydrogen) atoms.